The van der Waals surface area contributed by atoms with E-state index in [-0.39, 0.29) is 17.5 Å². The summed E-state index contributed by atoms with van der Waals surface area (Å²) >= 11 is 0. The molecule has 1 aliphatic heterocycles. The van der Waals surface area contributed by atoms with Gasteiger partial charge in [-0.2, -0.15) is 5.10 Å². The van der Waals surface area contributed by atoms with Crippen LogP contribution in [0.1, 0.15) is 47.8 Å². The molecule has 0 bridgehead atoms. The number of carbonyl (C=O) groups is 1. The van der Waals surface area contributed by atoms with Crippen LogP contribution in [0.25, 0.3) is 10.8 Å². The van der Waals surface area contributed by atoms with Crippen LogP contribution >= 0.6 is 0 Å². The molecule has 6 nitrogen and oxygen atoms in total. The summed E-state index contributed by atoms with van der Waals surface area (Å²) in [5.41, 5.74) is 1.23. The summed E-state index contributed by atoms with van der Waals surface area (Å²) in [4.78, 5) is 28.0. The van der Waals surface area contributed by atoms with Crippen molar-refractivity contribution in [1.82, 2.24) is 14.7 Å². The van der Waals surface area contributed by atoms with Crippen LogP contribution in [-0.4, -0.2) is 34.2 Å². The molecule has 1 saturated heterocycles. The van der Waals surface area contributed by atoms with Gasteiger partial charge in [-0.3, -0.25) is 9.59 Å². The van der Waals surface area contributed by atoms with Crippen molar-refractivity contribution in [3.63, 3.8) is 0 Å². The molecule has 3 aromatic rings. The number of amides is 1. The quantitative estimate of drug-likeness (QED) is 0.683. The van der Waals surface area contributed by atoms with E-state index < -0.39 is 0 Å². The Morgan fingerprint density at radius 2 is 1.76 bits per heavy atom. The van der Waals surface area contributed by atoms with Crippen LogP contribution in [0.4, 0.5) is 0 Å². The Morgan fingerprint density at radius 1 is 1.03 bits per heavy atom. The zero-order valence-corrected chi connectivity index (χ0v) is 16.8. The molecular formula is C23H25N3O3. The average molecular weight is 391 g/mol. The molecule has 0 radical (unpaired) electrons. The molecular weight excluding hydrogens is 366 g/mol. The van der Waals surface area contributed by atoms with Gasteiger partial charge in [-0.1, -0.05) is 43.2 Å². The van der Waals surface area contributed by atoms with Gasteiger partial charge in [0.2, 0.25) is 0 Å². The molecule has 4 rings (SSSR count). The number of aromatic nitrogens is 2. The highest BCUT2D eigenvalue weighted by molar-refractivity contribution is 6.04. The zero-order chi connectivity index (χ0) is 20.4. The first-order chi connectivity index (χ1) is 14.1. The Bertz CT molecular complexity index is 1090. The van der Waals surface area contributed by atoms with Crippen LogP contribution in [0.3, 0.4) is 0 Å². The minimum Gasteiger partial charge on any atom is -0.497 e. The number of hydrogen-bond donors (Lipinski definition) is 0. The topological polar surface area (TPSA) is 64.4 Å². The molecule has 1 amide bonds. The van der Waals surface area contributed by atoms with Crippen molar-refractivity contribution in [3.05, 3.63) is 70.1 Å². The minimum absolute atomic E-state index is 0.0197. The van der Waals surface area contributed by atoms with Crippen LogP contribution in [-0.2, 0) is 7.05 Å². The third-order valence-corrected chi connectivity index (χ3v) is 5.67. The van der Waals surface area contributed by atoms with Crippen LogP contribution in [0.2, 0.25) is 0 Å². The summed E-state index contributed by atoms with van der Waals surface area (Å²) in [7, 11) is 3.24. The number of likely N-dealkylation sites (tertiary alicyclic amines) is 1. The Balaban J connectivity index is 1.78. The molecule has 0 N–H and O–H groups in total. The number of ether oxygens (including phenoxy) is 1. The van der Waals surface area contributed by atoms with Crippen molar-refractivity contribution in [2.45, 2.75) is 31.7 Å². The van der Waals surface area contributed by atoms with Crippen LogP contribution < -0.4 is 10.3 Å². The van der Waals surface area contributed by atoms with Gasteiger partial charge in [-0.05, 0) is 36.6 Å². The number of fused-ring (bicyclic) bond motifs is 1. The third-order valence-electron chi connectivity index (χ3n) is 5.67. The first kappa shape index (κ1) is 19.2. The summed E-state index contributed by atoms with van der Waals surface area (Å²) in [6.45, 7) is 0.675. The molecule has 1 unspecified atom stereocenters. The number of methoxy groups -OCH3 is 1. The van der Waals surface area contributed by atoms with E-state index >= 15 is 0 Å². The predicted octanol–water partition coefficient (Wildman–Crippen LogP) is 3.70. The summed E-state index contributed by atoms with van der Waals surface area (Å²) in [5, 5.41) is 5.48. The summed E-state index contributed by atoms with van der Waals surface area (Å²) < 4.78 is 6.53. The van der Waals surface area contributed by atoms with E-state index in [1.54, 1.807) is 26.3 Å². The average Bonchev–Trinajstić information content (AvgIpc) is 3.02. The first-order valence-electron chi connectivity index (χ1n) is 10.0. The van der Waals surface area contributed by atoms with Crippen LogP contribution in [0.5, 0.6) is 5.75 Å². The van der Waals surface area contributed by atoms with Crippen molar-refractivity contribution >= 4 is 16.7 Å². The van der Waals surface area contributed by atoms with Gasteiger partial charge in [0.25, 0.3) is 11.5 Å². The second kappa shape index (κ2) is 8.07. The fourth-order valence-corrected chi connectivity index (χ4v) is 4.12. The monoisotopic (exact) mass is 391 g/mol. The lowest BCUT2D eigenvalue weighted by Gasteiger charge is -2.30. The van der Waals surface area contributed by atoms with E-state index in [9.17, 15) is 9.59 Å². The highest BCUT2D eigenvalue weighted by Crippen LogP contribution is 2.32. The second-order valence-electron chi connectivity index (χ2n) is 7.46. The fourth-order valence-electron chi connectivity index (χ4n) is 4.12. The number of carbonyl (C=O) groups excluding carboxylic acids is 1. The van der Waals surface area contributed by atoms with Gasteiger partial charge in [0.05, 0.1) is 18.5 Å². The van der Waals surface area contributed by atoms with Gasteiger partial charge in [0.1, 0.15) is 5.75 Å². The smallest absolute Gasteiger partial charge is 0.275 e. The minimum atomic E-state index is -0.195. The molecule has 2 aromatic carbocycles. The SMILES string of the molecule is COc1ccc(C2CCCCCN2C(=O)c2nn(C)c(=O)c3ccccc23)cc1. The van der Waals surface area contributed by atoms with Gasteiger partial charge in [-0.25, -0.2) is 4.68 Å². The molecule has 0 aliphatic carbocycles. The molecule has 150 valence electrons. The number of rotatable bonds is 3. The van der Waals surface area contributed by atoms with Crippen LogP contribution in [0, 0.1) is 0 Å². The Hall–Kier alpha value is -3.15. The molecule has 0 saturated carbocycles. The molecule has 1 fully saturated rings. The molecule has 1 aliphatic rings. The van der Waals surface area contributed by atoms with Crippen molar-refractivity contribution in [2.75, 3.05) is 13.7 Å². The van der Waals surface area contributed by atoms with Crippen molar-refractivity contribution in [1.29, 1.82) is 0 Å². The largest absolute Gasteiger partial charge is 0.497 e. The van der Waals surface area contributed by atoms with E-state index in [4.69, 9.17) is 4.74 Å². The third kappa shape index (κ3) is 3.62. The number of nitrogens with zero attached hydrogens (tertiary/aromatic N) is 3. The highest BCUT2D eigenvalue weighted by Gasteiger charge is 2.30. The molecule has 2 heterocycles. The maximum absolute atomic E-state index is 13.7. The van der Waals surface area contributed by atoms with Crippen molar-refractivity contribution in [3.8, 4) is 5.75 Å². The molecule has 1 aromatic heterocycles. The summed E-state index contributed by atoms with van der Waals surface area (Å²) in [6, 6.07) is 15.1. The van der Waals surface area contributed by atoms with Crippen molar-refractivity contribution in [2.24, 2.45) is 7.05 Å². The number of hydrogen-bond acceptors (Lipinski definition) is 4. The highest BCUT2D eigenvalue weighted by atomic mass is 16.5. The lowest BCUT2D eigenvalue weighted by atomic mass is 10.00. The van der Waals surface area contributed by atoms with Gasteiger partial charge in [-0.15, -0.1) is 0 Å². The van der Waals surface area contributed by atoms with E-state index in [1.165, 1.54) is 4.68 Å². The maximum Gasteiger partial charge on any atom is 0.275 e. The molecule has 1 atom stereocenters. The standard InChI is InChI=1S/C23H25N3O3/c1-25-22(27)19-9-6-5-8-18(19)21(24-25)23(28)26-15-7-3-4-10-20(26)16-11-13-17(29-2)14-12-16/h5-6,8-9,11-14,20H,3-4,7,10,15H2,1-2H3. The van der Waals surface area contributed by atoms with E-state index in [0.29, 0.717) is 23.0 Å². The van der Waals surface area contributed by atoms with Gasteiger partial charge < -0.3 is 9.64 Å². The molecule has 6 heteroatoms. The molecule has 0 spiro atoms. The van der Waals surface area contributed by atoms with E-state index in [2.05, 4.69) is 5.10 Å². The second-order valence-corrected chi connectivity index (χ2v) is 7.46. The zero-order valence-electron chi connectivity index (χ0n) is 16.8. The normalized spacial score (nSPS) is 17.2. The lowest BCUT2D eigenvalue weighted by Crippen LogP contribution is -2.37. The first-order valence-corrected chi connectivity index (χ1v) is 10.0. The van der Waals surface area contributed by atoms with Crippen molar-refractivity contribution < 1.29 is 9.53 Å². The van der Waals surface area contributed by atoms with E-state index in [1.807, 2.05) is 41.3 Å². The summed E-state index contributed by atoms with van der Waals surface area (Å²) in [6.07, 6.45) is 4.03. The lowest BCUT2D eigenvalue weighted by molar-refractivity contribution is 0.0674. The van der Waals surface area contributed by atoms with Gasteiger partial charge >= 0.3 is 0 Å². The van der Waals surface area contributed by atoms with Crippen LogP contribution in [0.15, 0.2) is 53.3 Å². The van der Waals surface area contributed by atoms with Gasteiger partial charge in [0, 0.05) is 19.0 Å². The Labute approximate surface area is 169 Å². The Morgan fingerprint density at radius 3 is 2.48 bits per heavy atom. The maximum atomic E-state index is 13.7. The predicted molar refractivity (Wildman–Crippen MR) is 112 cm³/mol. The number of aryl methyl sites for hydroxylation is 1. The fraction of sp³-hybridized carbons (Fsp3) is 0.348. The summed E-state index contributed by atoms with van der Waals surface area (Å²) in [5.74, 6) is 0.672. The Kier molecular flexibility index (Phi) is 5.34. The number of benzene rings is 2. The van der Waals surface area contributed by atoms with Gasteiger partial charge in [0.15, 0.2) is 5.69 Å². The molecule has 29 heavy (non-hydrogen) atoms. The van der Waals surface area contributed by atoms with E-state index in [0.717, 1.165) is 37.0 Å².